The van der Waals surface area contributed by atoms with Crippen molar-refractivity contribution in [1.29, 1.82) is 0 Å². The molecule has 2 aromatic carbocycles. The van der Waals surface area contributed by atoms with Crippen molar-refractivity contribution in [2.24, 2.45) is 5.73 Å². The summed E-state index contributed by atoms with van der Waals surface area (Å²) in [6, 6.07) is 12.2. The number of aryl methyl sites for hydroxylation is 2. The predicted octanol–water partition coefficient (Wildman–Crippen LogP) is 4.36. The first-order valence-electron chi connectivity index (χ1n) is 6.34. The molecular formula is C16H18BrNO. The van der Waals surface area contributed by atoms with E-state index in [4.69, 9.17) is 10.5 Å². The second-order valence-corrected chi connectivity index (χ2v) is 5.58. The van der Waals surface area contributed by atoms with Crippen molar-refractivity contribution in [1.82, 2.24) is 0 Å². The zero-order valence-corrected chi connectivity index (χ0v) is 12.8. The molecule has 0 aromatic heterocycles. The zero-order chi connectivity index (χ0) is 13.8. The van der Waals surface area contributed by atoms with Crippen LogP contribution in [0.5, 0.6) is 11.5 Å². The van der Waals surface area contributed by atoms with E-state index in [1.807, 2.05) is 18.2 Å². The van der Waals surface area contributed by atoms with Gasteiger partial charge in [-0.3, -0.25) is 0 Å². The number of hydrogen-bond donors (Lipinski definition) is 1. The minimum absolute atomic E-state index is 0.616. The predicted molar refractivity (Wildman–Crippen MR) is 82.9 cm³/mol. The van der Waals surface area contributed by atoms with E-state index in [2.05, 4.69) is 48.0 Å². The number of rotatable bonds is 4. The second kappa shape index (κ2) is 6.22. The topological polar surface area (TPSA) is 35.2 Å². The molecule has 0 aliphatic rings. The average Bonchev–Trinajstić information content (AvgIpc) is 2.36. The fourth-order valence-electron chi connectivity index (χ4n) is 2.02. The molecule has 0 fully saturated rings. The fourth-order valence-corrected chi connectivity index (χ4v) is 2.36. The molecule has 100 valence electrons. The summed E-state index contributed by atoms with van der Waals surface area (Å²) in [4.78, 5) is 0. The van der Waals surface area contributed by atoms with E-state index >= 15 is 0 Å². The van der Waals surface area contributed by atoms with Gasteiger partial charge >= 0.3 is 0 Å². The van der Waals surface area contributed by atoms with Gasteiger partial charge < -0.3 is 10.5 Å². The molecule has 2 N–H and O–H groups in total. The molecule has 0 atom stereocenters. The van der Waals surface area contributed by atoms with Crippen molar-refractivity contribution < 1.29 is 4.74 Å². The fraction of sp³-hybridized carbons (Fsp3) is 0.250. The first-order valence-corrected chi connectivity index (χ1v) is 7.13. The lowest BCUT2D eigenvalue weighted by atomic mass is 10.1. The number of halogens is 1. The number of ether oxygens (including phenoxy) is 1. The summed E-state index contributed by atoms with van der Waals surface area (Å²) in [5, 5.41) is 0. The summed E-state index contributed by atoms with van der Waals surface area (Å²) in [6.45, 7) is 4.75. The Hall–Kier alpha value is -1.32. The normalized spacial score (nSPS) is 10.5. The molecule has 2 nitrogen and oxygen atoms in total. The van der Waals surface area contributed by atoms with E-state index < -0.39 is 0 Å². The molecule has 0 spiro atoms. The molecule has 0 amide bonds. The van der Waals surface area contributed by atoms with Gasteiger partial charge in [0, 0.05) is 4.47 Å². The molecule has 2 aromatic rings. The highest BCUT2D eigenvalue weighted by Crippen LogP contribution is 2.31. The highest BCUT2D eigenvalue weighted by Gasteiger charge is 2.07. The van der Waals surface area contributed by atoms with Crippen LogP contribution in [0.15, 0.2) is 40.9 Å². The van der Waals surface area contributed by atoms with Crippen LogP contribution in [0.25, 0.3) is 0 Å². The average molecular weight is 320 g/mol. The van der Waals surface area contributed by atoms with Crippen molar-refractivity contribution in [3.8, 4) is 11.5 Å². The molecule has 3 heteroatoms. The third kappa shape index (κ3) is 3.58. The summed E-state index contributed by atoms with van der Waals surface area (Å²) in [6.07, 6.45) is 0.813. The number of nitrogens with two attached hydrogens (primary N) is 1. The van der Waals surface area contributed by atoms with Crippen molar-refractivity contribution in [2.75, 3.05) is 6.54 Å². The summed E-state index contributed by atoms with van der Waals surface area (Å²) < 4.78 is 7.05. The van der Waals surface area contributed by atoms with Gasteiger partial charge in [-0.2, -0.15) is 0 Å². The van der Waals surface area contributed by atoms with Crippen LogP contribution in [-0.2, 0) is 6.42 Å². The van der Waals surface area contributed by atoms with Crippen molar-refractivity contribution in [3.05, 3.63) is 57.6 Å². The lowest BCUT2D eigenvalue weighted by Crippen LogP contribution is -2.04. The molecule has 0 saturated carbocycles. The monoisotopic (exact) mass is 319 g/mol. The molecule has 0 aliphatic heterocycles. The third-order valence-corrected chi connectivity index (χ3v) is 3.49. The maximum Gasteiger partial charge on any atom is 0.131 e. The van der Waals surface area contributed by atoms with Crippen LogP contribution < -0.4 is 10.5 Å². The van der Waals surface area contributed by atoms with Gasteiger partial charge in [0.15, 0.2) is 0 Å². The highest BCUT2D eigenvalue weighted by atomic mass is 79.9. The third-order valence-electron chi connectivity index (χ3n) is 2.99. The Morgan fingerprint density at radius 3 is 2.53 bits per heavy atom. The van der Waals surface area contributed by atoms with Gasteiger partial charge in [0.2, 0.25) is 0 Å². The standard InChI is InChI=1S/C16H18BrNO/c1-11-3-6-15(12(2)9-11)19-16-10-14(17)5-4-13(16)7-8-18/h3-6,9-10H,7-8,18H2,1-2H3. The minimum atomic E-state index is 0.616. The molecule has 0 radical (unpaired) electrons. The molecule has 0 saturated heterocycles. The molecule has 0 unspecified atom stereocenters. The van der Waals surface area contributed by atoms with Crippen LogP contribution in [-0.4, -0.2) is 6.54 Å². The largest absolute Gasteiger partial charge is 0.457 e. The van der Waals surface area contributed by atoms with Crippen molar-refractivity contribution in [3.63, 3.8) is 0 Å². The maximum atomic E-state index is 6.04. The van der Waals surface area contributed by atoms with Crippen LogP contribution >= 0.6 is 15.9 Å². The summed E-state index contributed by atoms with van der Waals surface area (Å²) in [5.74, 6) is 1.76. The summed E-state index contributed by atoms with van der Waals surface area (Å²) in [5.41, 5.74) is 9.15. The molecule has 2 rings (SSSR count). The van der Waals surface area contributed by atoms with E-state index in [0.717, 1.165) is 33.5 Å². The SMILES string of the molecule is Cc1ccc(Oc2cc(Br)ccc2CCN)c(C)c1. The van der Waals surface area contributed by atoms with Crippen LogP contribution in [0.1, 0.15) is 16.7 Å². The summed E-state index contributed by atoms with van der Waals surface area (Å²) in [7, 11) is 0. The Morgan fingerprint density at radius 2 is 1.84 bits per heavy atom. The van der Waals surface area contributed by atoms with E-state index in [1.54, 1.807) is 0 Å². The first-order chi connectivity index (χ1) is 9.10. The Morgan fingerprint density at radius 1 is 1.05 bits per heavy atom. The van der Waals surface area contributed by atoms with Crippen LogP contribution in [0, 0.1) is 13.8 Å². The lowest BCUT2D eigenvalue weighted by Gasteiger charge is -2.13. The molecular weight excluding hydrogens is 302 g/mol. The van der Waals surface area contributed by atoms with E-state index in [0.29, 0.717) is 6.54 Å². The summed E-state index contributed by atoms with van der Waals surface area (Å²) >= 11 is 3.48. The van der Waals surface area contributed by atoms with Crippen LogP contribution in [0.3, 0.4) is 0 Å². The van der Waals surface area contributed by atoms with Crippen LogP contribution in [0.4, 0.5) is 0 Å². The molecule has 0 bridgehead atoms. The van der Waals surface area contributed by atoms with E-state index in [9.17, 15) is 0 Å². The Bertz CT molecular complexity index is 581. The van der Waals surface area contributed by atoms with Gasteiger partial charge in [-0.25, -0.2) is 0 Å². The molecule has 19 heavy (non-hydrogen) atoms. The molecule has 0 aliphatic carbocycles. The smallest absolute Gasteiger partial charge is 0.131 e. The molecule has 0 heterocycles. The Kier molecular flexibility index (Phi) is 4.61. The highest BCUT2D eigenvalue weighted by molar-refractivity contribution is 9.10. The maximum absolute atomic E-state index is 6.04. The van der Waals surface area contributed by atoms with Crippen molar-refractivity contribution in [2.45, 2.75) is 20.3 Å². The van der Waals surface area contributed by atoms with Crippen LogP contribution in [0.2, 0.25) is 0 Å². The van der Waals surface area contributed by atoms with Gasteiger partial charge in [-0.1, -0.05) is 39.7 Å². The minimum Gasteiger partial charge on any atom is -0.457 e. The van der Waals surface area contributed by atoms with Crippen molar-refractivity contribution >= 4 is 15.9 Å². The van der Waals surface area contributed by atoms with Gasteiger partial charge in [0.05, 0.1) is 0 Å². The second-order valence-electron chi connectivity index (χ2n) is 4.66. The Balaban J connectivity index is 2.33. The van der Waals surface area contributed by atoms with Gasteiger partial charge in [-0.05, 0) is 56.1 Å². The number of hydrogen-bond acceptors (Lipinski definition) is 2. The first kappa shape index (κ1) is 14.1. The quantitative estimate of drug-likeness (QED) is 0.908. The number of benzene rings is 2. The van der Waals surface area contributed by atoms with E-state index in [-0.39, 0.29) is 0 Å². The Labute approximate surface area is 122 Å². The van der Waals surface area contributed by atoms with Gasteiger partial charge in [-0.15, -0.1) is 0 Å². The zero-order valence-electron chi connectivity index (χ0n) is 11.2. The van der Waals surface area contributed by atoms with Gasteiger partial charge in [0.25, 0.3) is 0 Å². The lowest BCUT2D eigenvalue weighted by molar-refractivity contribution is 0.472. The van der Waals surface area contributed by atoms with E-state index in [1.165, 1.54) is 5.56 Å². The van der Waals surface area contributed by atoms with Gasteiger partial charge in [0.1, 0.15) is 11.5 Å².